The summed E-state index contributed by atoms with van der Waals surface area (Å²) in [6, 6.07) is 13.8. The summed E-state index contributed by atoms with van der Waals surface area (Å²) in [5.41, 5.74) is 9.52. The molecule has 0 aliphatic carbocycles. The van der Waals surface area contributed by atoms with Gasteiger partial charge in [0.25, 0.3) is 0 Å². The summed E-state index contributed by atoms with van der Waals surface area (Å²) in [6.45, 7) is 5.05. The minimum atomic E-state index is -1.25. The topological polar surface area (TPSA) is 123 Å². The van der Waals surface area contributed by atoms with Crippen molar-refractivity contribution in [3.63, 3.8) is 0 Å². The van der Waals surface area contributed by atoms with Crippen LogP contribution in [0.15, 0.2) is 47.6 Å². The summed E-state index contributed by atoms with van der Waals surface area (Å²) >= 11 is 6.78. The quantitative estimate of drug-likeness (QED) is 0.252. The molecule has 0 spiro atoms. The fourth-order valence-electron chi connectivity index (χ4n) is 5.36. The van der Waals surface area contributed by atoms with Gasteiger partial charge in [0.2, 0.25) is 11.8 Å². The standard InChI is InChI=1S/C27H35ClN6O3/c1-18-7-3-8-20(15-18)26-22(10-4-11-23(26)28)27(37,12-6-13-29-19(2)35)21-9-5-14-34(17-21)25(36)16-24-30-32-33-31-24/h3-4,7-8,10-11,15,21,32-33,37H,5-6,9,12-14,16-17H2,1-2H3,(H,29,35)(H,30,31)/p+1/t21-,27+/m1/s1. The number of carbonyl (C=O) groups excluding carboxylic acids is 2. The molecule has 6 N–H and O–H groups in total. The smallest absolute Gasteiger partial charge is 0.230 e. The van der Waals surface area contributed by atoms with Crippen LogP contribution in [0, 0.1) is 12.8 Å². The zero-order valence-corrected chi connectivity index (χ0v) is 22.1. The van der Waals surface area contributed by atoms with E-state index >= 15 is 0 Å². The van der Waals surface area contributed by atoms with E-state index < -0.39 is 5.60 Å². The number of hydrazine groups is 1. The Morgan fingerprint density at radius 2 is 2.11 bits per heavy atom. The van der Waals surface area contributed by atoms with Crippen molar-refractivity contribution < 1.29 is 20.2 Å². The van der Waals surface area contributed by atoms with Gasteiger partial charge in [0, 0.05) is 43.1 Å². The van der Waals surface area contributed by atoms with E-state index in [-0.39, 0.29) is 24.2 Å². The second-order valence-electron chi connectivity index (χ2n) is 9.87. The maximum Gasteiger partial charge on any atom is 0.230 e. The first kappa shape index (κ1) is 27.1. The molecule has 198 valence electrons. The van der Waals surface area contributed by atoms with Gasteiger partial charge in [-0.15, -0.1) is 5.53 Å². The zero-order chi connectivity index (χ0) is 26.4. The van der Waals surface area contributed by atoms with Crippen LogP contribution in [0.4, 0.5) is 0 Å². The van der Waals surface area contributed by atoms with Crippen LogP contribution in [0.5, 0.6) is 0 Å². The molecule has 0 aromatic heterocycles. The molecular weight excluding hydrogens is 492 g/mol. The number of rotatable bonds is 9. The molecule has 4 rings (SSSR count). The highest BCUT2D eigenvalue weighted by atomic mass is 35.5. The van der Waals surface area contributed by atoms with E-state index in [0.717, 1.165) is 35.1 Å². The molecule has 0 saturated carbocycles. The SMILES string of the molecule is CC(=O)NCCC[C@@](O)(c1cccc(Cl)c1-c1cccc(C)c1)[C@@H]1CCCN(C(=O)CC2=N[NH2+]NN2)C1. The molecule has 2 amide bonds. The second-order valence-corrected chi connectivity index (χ2v) is 10.3. The van der Waals surface area contributed by atoms with Crippen LogP contribution < -0.4 is 21.8 Å². The number of carbonyl (C=O) groups is 2. The minimum Gasteiger partial charge on any atom is -0.385 e. The molecule has 0 radical (unpaired) electrons. The lowest BCUT2D eigenvalue weighted by Gasteiger charge is -2.44. The molecule has 2 aliphatic heterocycles. The van der Waals surface area contributed by atoms with Gasteiger partial charge in [-0.3, -0.25) is 15.0 Å². The number of nitrogens with one attached hydrogen (secondary N) is 3. The molecular formula is C27H36ClN6O3+. The number of amides is 2. The molecule has 2 aliphatic rings. The molecule has 2 heterocycles. The number of aryl methyl sites for hydroxylation is 1. The summed E-state index contributed by atoms with van der Waals surface area (Å²) in [6.07, 6.45) is 2.74. The molecule has 10 heteroatoms. The van der Waals surface area contributed by atoms with Crippen molar-refractivity contribution in [2.24, 2.45) is 11.0 Å². The molecule has 1 saturated heterocycles. The van der Waals surface area contributed by atoms with Crippen molar-refractivity contribution in [1.82, 2.24) is 21.2 Å². The highest BCUT2D eigenvalue weighted by Gasteiger charge is 2.43. The molecule has 1 fully saturated rings. The van der Waals surface area contributed by atoms with Gasteiger partial charge in [0.1, 0.15) is 0 Å². The fourth-order valence-corrected chi connectivity index (χ4v) is 5.64. The van der Waals surface area contributed by atoms with Crippen LogP contribution >= 0.6 is 11.6 Å². The number of quaternary nitrogens is 1. The lowest BCUT2D eigenvalue weighted by Crippen LogP contribution is -2.87. The predicted molar refractivity (Wildman–Crippen MR) is 143 cm³/mol. The largest absolute Gasteiger partial charge is 0.385 e. The lowest BCUT2D eigenvalue weighted by molar-refractivity contribution is -0.713. The van der Waals surface area contributed by atoms with Gasteiger partial charge in [-0.1, -0.05) is 59.1 Å². The number of hydrogen-bond acceptors (Lipinski definition) is 6. The van der Waals surface area contributed by atoms with Crippen LogP contribution in [-0.4, -0.2) is 47.3 Å². The van der Waals surface area contributed by atoms with Crippen molar-refractivity contribution in [2.75, 3.05) is 19.6 Å². The number of nitrogens with two attached hydrogens (primary N) is 1. The Morgan fingerprint density at radius 1 is 1.30 bits per heavy atom. The molecule has 2 aromatic rings. The summed E-state index contributed by atoms with van der Waals surface area (Å²) in [5.74, 6) is 0.247. The highest BCUT2D eigenvalue weighted by Crippen LogP contribution is 2.45. The molecule has 37 heavy (non-hydrogen) atoms. The van der Waals surface area contributed by atoms with Gasteiger partial charge in [0.15, 0.2) is 5.84 Å². The van der Waals surface area contributed by atoms with Gasteiger partial charge in [0.05, 0.1) is 12.0 Å². The normalized spacial score (nSPS) is 19.1. The molecule has 2 aromatic carbocycles. The van der Waals surface area contributed by atoms with Crippen LogP contribution in [0.1, 0.15) is 50.2 Å². The van der Waals surface area contributed by atoms with E-state index in [9.17, 15) is 14.7 Å². The number of nitrogens with zero attached hydrogens (tertiary/aromatic N) is 2. The van der Waals surface area contributed by atoms with Gasteiger partial charge in [-0.25, -0.2) is 0 Å². The van der Waals surface area contributed by atoms with Crippen molar-refractivity contribution in [1.29, 1.82) is 0 Å². The maximum absolute atomic E-state index is 13.1. The van der Waals surface area contributed by atoms with Gasteiger partial charge >= 0.3 is 0 Å². The minimum absolute atomic E-state index is 0.0290. The number of aliphatic hydroxyl groups is 1. The average molecular weight is 528 g/mol. The van der Waals surface area contributed by atoms with E-state index in [2.05, 4.69) is 27.4 Å². The van der Waals surface area contributed by atoms with Crippen molar-refractivity contribution in [3.8, 4) is 11.1 Å². The third-order valence-corrected chi connectivity index (χ3v) is 7.48. The number of piperidine rings is 1. The first-order chi connectivity index (χ1) is 17.8. The number of likely N-dealkylation sites (tertiary alicyclic amines) is 1. The monoisotopic (exact) mass is 527 g/mol. The maximum atomic E-state index is 13.1. The molecule has 2 atom stereocenters. The molecule has 0 bridgehead atoms. The van der Waals surface area contributed by atoms with E-state index in [0.29, 0.717) is 43.3 Å². The number of amidine groups is 1. The second kappa shape index (κ2) is 12.0. The number of hydrogen-bond donors (Lipinski definition) is 5. The van der Waals surface area contributed by atoms with E-state index in [4.69, 9.17) is 11.6 Å². The summed E-state index contributed by atoms with van der Waals surface area (Å²) in [7, 11) is 0. The highest BCUT2D eigenvalue weighted by molar-refractivity contribution is 6.33. The average Bonchev–Trinajstić information content (AvgIpc) is 3.39. The van der Waals surface area contributed by atoms with Gasteiger partial charge in [-0.2, -0.15) is 0 Å². The fraction of sp³-hybridized carbons (Fsp3) is 0.444. The Labute approximate surface area is 222 Å². The van der Waals surface area contributed by atoms with E-state index in [1.54, 1.807) is 0 Å². The van der Waals surface area contributed by atoms with Crippen LogP contribution in [0.2, 0.25) is 5.02 Å². The number of benzene rings is 2. The molecule has 0 unspecified atom stereocenters. The first-order valence-electron chi connectivity index (χ1n) is 12.8. The summed E-state index contributed by atoms with van der Waals surface area (Å²) < 4.78 is 0. The third kappa shape index (κ3) is 6.48. The summed E-state index contributed by atoms with van der Waals surface area (Å²) in [5, 5.41) is 20.1. The third-order valence-electron chi connectivity index (χ3n) is 7.16. The first-order valence-corrected chi connectivity index (χ1v) is 13.2. The van der Waals surface area contributed by atoms with Crippen molar-refractivity contribution in [2.45, 2.75) is 51.6 Å². The van der Waals surface area contributed by atoms with Crippen LogP contribution in [-0.2, 0) is 15.2 Å². The Morgan fingerprint density at radius 3 is 2.84 bits per heavy atom. The van der Waals surface area contributed by atoms with Crippen molar-refractivity contribution in [3.05, 3.63) is 58.6 Å². The van der Waals surface area contributed by atoms with Crippen LogP contribution in [0.3, 0.4) is 0 Å². The van der Waals surface area contributed by atoms with Crippen LogP contribution in [0.25, 0.3) is 11.1 Å². The predicted octanol–water partition coefficient (Wildman–Crippen LogP) is 1.95. The molecule has 9 nitrogen and oxygen atoms in total. The van der Waals surface area contributed by atoms with E-state index in [1.807, 2.05) is 48.2 Å². The van der Waals surface area contributed by atoms with Gasteiger partial charge in [-0.05, 0) is 54.9 Å². The zero-order valence-electron chi connectivity index (χ0n) is 21.4. The Balaban J connectivity index is 1.67. The van der Waals surface area contributed by atoms with Gasteiger partial charge < -0.3 is 15.3 Å². The Kier molecular flexibility index (Phi) is 8.81. The Bertz CT molecular complexity index is 1170. The summed E-state index contributed by atoms with van der Waals surface area (Å²) in [4.78, 5) is 26.4. The van der Waals surface area contributed by atoms with Crippen molar-refractivity contribution >= 4 is 29.3 Å². The van der Waals surface area contributed by atoms with E-state index in [1.165, 1.54) is 12.5 Å². The Hall–Kier alpha value is -2.98. The lowest BCUT2D eigenvalue weighted by atomic mass is 9.72. The number of halogens is 1.